The third-order valence-electron chi connectivity index (χ3n) is 4.26. The smallest absolute Gasteiger partial charge is 0.258 e. The third-order valence-corrected chi connectivity index (χ3v) is 5.20. The van der Waals surface area contributed by atoms with Crippen LogP contribution in [0.15, 0.2) is 35.1 Å². The van der Waals surface area contributed by atoms with Gasteiger partial charge in [0.1, 0.15) is 11.1 Å². The molecule has 1 aromatic carbocycles. The monoisotopic (exact) mass is 356 g/mol. The molecule has 2 aromatic heterocycles. The van der Waals surface area contributed by atoms with E-state index in [1.807, 2.05) is 24.3 Å². The molecule has 1 N–H and O–H groups in total. The number of fused-ring (bicyclic) bond motifs is 1. The molecule has 25 heavy (non-hydrogen) atoms. The standard InChI is InChI=1S/C17H16N4O3S/c1-21-12-6-3-2-5-10(12)11(9-14(21)22)15(23)18-17-20-19-16(25-17)13-7-4-8-24-13/h2-3,5-6,9,13H,4,7-8H2,1H3,(H,18,20,23). The van der Waals surface area contributed by atoms with Gasteiger partial charge in [-0.15, -0.1) is 10.2 Å². The zero-order valence-corrected chi connectivity index (χ0v) is 14.4. The second kappa shape index (κ2) is 6.38. The number of aryl methyl sites for hydroxylation is 1. The molecule has 0 radical (unpaired) electrons. The summed E-state index contributed by atoms with van der Waals surface area (Å²) in [5.74, 6) is -0.371. The number of ether oxygens (including phenoxy) is 1. The Morgan fingerprint density at radius 2 is 2.20 bits per heavy atom. The van der Waals surface area contributed by atoms with Crippen LogP contribution in [0, 0.1) is 0 Å². The van der Waals surface area contributed by atoms with Gasteiger partial charge in [0.15, 0.2) is 0 Å². The maximum atomic E-state index is 12.7. The molecular formula is C17H16N4O3S. The van der Waals surface area contributed by atoms with Crippen molar-refractivity contribution in [3.8, 4) is 0 Å². The van der Waals surface area contributed by atoms with Crippen LogP contribution in [0.3, 0.4) is 0 Å². The zero-order valence-electron chi connectivity index (χ0n) is 13.6. The minimum absolute atomic E-state index is 0.0343. The number of benzene rings is 1. The van der Waals surface area contributed by atoms with E-state index in [9.17, 15) is 9.59 Å². The van der Waals surface area contributed by atoms with Crippen LogP contribution in [0.1, 0.15) is 34.3 Å². The molecule has 1 amide bonds. The number of nitrogens with one attached hydrogen (secondary N) is 1. The molecule has 1 fully saturated rings. The van der Waals surface area contributed by atoms with Gasteiger partial charge in [0, 0.05) is 25.1 Å². The van der Waals surface area contributed by atoms with Gasteiger partial charge in [0.05, 0.1) is 11.1 Å². The molecule has 128 valence electrons. The minimum atomic E-state index is -0.371. The highest BCUT2D eigenvalue weighted by molar-refractivity contribution is 7.15. The first-order valence-corrected chi connectivity index (χ1v) is 8.80. The number of nitrogens with zero attached hydrogens (tertiary/aromatic N) is 3. The first-order chi connectivity index (χ1) is 12.1. The zero-order chi connectivity index (χ0) is 17.4. The van der Waals surface area contributed by atoms with E-state index < -0.39 is 0 Å². The van der Waals surface area contributed by atoms with Crippen LogP contribution in [0.2, 0.25) is 0 Å². The van der Waals surface area contributed by atoms with Crippen molar-refractivity contribution in [3.63, 3.8) is 0 Å². The van der Waals surface area contributed by atoms with Gasteiger partial charge in [-0.05, 0) is 18.9 Å². The number of rotatable bonds is 3. The Kier molecular flexibility index (Phi) is 4.06. The molecule has 7 nitrogen and oxygen atoms in total. The molecule has 1 aliphatic heterocycles. The van der Waals surface area contributed by atoms with Crippen molar-refractivity contribution in [2.45, 2.75) is 18.9 Å². The summed E-state index contributed by atoms with van der Waals surface area (Å²) in [4.78, 5) is 24.8. The molecule has 3 aromatic rings. The fraction of sp³-hybridized carbons (Fsp3) is 0.294. The largest absolute Gasteiger partial charge is 0.371 e. The fourth-order valence-corrected chi connectivity index (χ4v) is 3.77. The maximum Gasteiger partial charge on any atom is 0.258 e. The topological polar surface area (TPSA) is 86.1 Å². The number of aromatic nitrogens is 3. The Labute approximate surface area is 147 Å². The highest BCUT2D eigenvalue weighted by Crippen LogP contribution is 2.32. The first kappa shape index (κ1) is 15.9. The molecule has 0 saturated carbocycles. The Bertz CT molecular complexity index is 1000. The van der Waals surface area contributed by atoms with Gasteiger partial charge in [0.25, 0.3) is 11.5 Å². The van der Waals surface area contributed by atoms with Crippen molar-refractivity contribution >= 4 is 33.3 Å². The van der Waals surface area contributed by atoms with Crippen LogP contribution in [0.5, 0.6) is 0 Å². The van der Waals surface area contributed by atoms with Gasteiger partial charge in [-0.3, -0.25) is 14.9 Å². The van der Waals surface area contributed by atoms with Crippen LogP contribution in [-0.2, 0) is 11.8 Å². The summed E-state index contributed by atoms with van der Waals surface area (Å²) in [5, 5.41) is 12.7. The number of amides is 1. The van der Waals surface area contributed by atoms with E-state index >= 15 is 0 Å². The lowest BCUT2D eigenvalue weighted by Crippen LogP contribution is -2.21. The van der Waals surface area contributed by atoms with E-state index in [2.05, 4.69) is 15.5 Å². The predicted molar refractivity (Wildman–Crippen MR) is 95.0 cm³/mol. The molecule has 8 heteroatoms. The van der Waals surface area contributed by atoms with E-state index in [0.29, 0.717) is 21.6 Å². The number of carbonyl (C=O) groups excluding carboxylic acids is 1. The summed E-state index contributed by atoms with van der Waals surface area (Å²) in [6.07, 6.45) is 1.89. The number of hydrogen-bond acceptors (Lipinski definition) is 6. The minimum Gasteiger partial charge on any atom is -0.371 e. The molecule has 0 bridgehead atoms. The van der Waals surface area contributed by atoms with Gasteiger partial charge in [-0.1, -0.05) is 29.5 Å². The number of anilines is 1. The Morgan fingerprint density at radius 1 is 1.36 bits per heavy atom. The van der Waals surface area contributed by atoms with Gasteiger partial charge in [-0.2, -0.15) is 0 Å². The maximum absolute atomic E-state index is 12.7. The van der Waals surface area contributed by atoms with E-state index in [0.717, 1.165) is 24.5 Å². The SMILES string of the molecule is Cn1c(=O)cc(C(=O)Nc2nnc(C3CCCO3)s2)c2ccccc21. The van der Waals surface area contributed by atoms with Crippen molar-refractivity contribution in [2.75, 3.05) is 11.9 Å². The van der Waals surface area contributed by atoms with Crippen molar-refractivity contribution in [1.82, 2.24) is 14.8 Å². The lowest BCUT2D eigenvalue weighted by molar-refractivity contribution is 0.102. The van der Waals surface area contributed by atoms with Crippen LogP contribution in [-0.4, -0.2) is 27.3 Å². The Balaban J connectivity index is 1.64. The lowest BCUT2D eigenvalue weighted by atomic mass is 10.1. The molecule has 1 aliphatic rings. The molecule has 1 saturated heterocycles. The van der Waals surface area contributed by atoms with E-state index in [-0.39, 0.29) is 17.6 Å². The third kappa shape index (κ3) is 2.94. The molecule has 0 spiro atoms. The summed E-state index contributed by atoms with van der Waals surface area (Å²) in [6.45, 7) is 0.727. The second-order valence-electron chi connectivity index (χ2n) is 5.87. The molecule has 1 unspecified atom stereocenters. The Hall–Kier alpha value is -2.58. The fourth-order valence-electron chi connectivity index (χ4n) is 2.95. The summed E-state index contributed by atoms with van der Waals surface area (Å²) in [5.41, 5.74) is 0.797. The summed E-state index contributed by atoms with van der Waals surface area (Å²) >= 11 is 1.30. The molecule has 1 atom stereocenters. The number of para-hydroxylation sites is 1. The highest BCUT2D eigenvalue weighted by Gasteiger charge is 2.23. The Morgan fingerprint density at radius 3 is 3.00 bits per heavy atom. The van der Waals surface area contributed by atoms with Crippen LogP contribution in [0.4, 0.5) is 5.13 Å². The van der Waals surface area contributed by atoms with Gasteiger partial charge in [-0.25, -0.2) is 0 Å². The van der Waals surface area contributed by atoms with Crippen LogP contribution >= 0.6 is 11.3 Å². The predicted octanol–water partition coefficient (Wildman–Crippen LogP) is 2.49. The number of hydrogen-bond donors (Lipinski definition) is 1. The van der Waals surface area contributed by atoms with Gasteiger partial charge >= 0.3 is 0 Å². The average molecular weight is 356 g/mol. The normalized spacial score (nSPS) is 17.1. The van der Waals surface area contributed by atoms with Crippen molar-refractivity contribution < 1.29 is 9.53 Å². The second-order valence-corrected chi connectivity index (χ2v) is 6.88. The highest BCUT2D eigenvalue weighted by atomic mass is 32.1. The van der Waals surface area contributed by atoms with Crippen molar-refractivity contribution in [3.05, 3.63) is 51.3 Å². The summed E-state index contributed by atoms with van der Waals surface area (Å²) in [6, 6.07) is 8.65. The lowest BCUT2D eigenvalue weighted by Gasteiger charge is -2.09. The number of carbonyl (C=O) groups is 1. The molecule has 3 heterocycles. The van der Waals surface area contributed by atoms with E-state index in [1.54, 1.807) is 7.05 Å². The van der Waals surface area contributed by atoms with Crippen LogP contribution in [0.25, 0.3) is 10.9 Å². The first-order valence-electron chi connectivity index (χ1n) is 7.98. The average Bonchev–Trinajstić information content (AvgIpc) is 3.29. The summed E-state index contributed by atoms with van der Waals surface area (Å²) in [7, 11) is 1.69. The molecule has 4 rings (SSSR count). The number of pyridine rings is 1. The van der Waals surface area contributed by atoms with Crippen molar-refractivity contribution in [1.29, 1.82) is 0 Å². The van der Waals surface area contributed by atoms with Gasteiger partial charge in [0.2, 0.25) is 5.13 Å². The van der Waals surface area contributed by atoms with Gasteiger partial charge < -0.3 is 9.30 Å². The molecule has 0 aliphatic carbocycles. The van der Waals surface area contributed by atoms with E-state index in [1.165, 1.54) is 22.0 Å². The quantitative estimate of drug-likeness (QED) is 0.779. The molecular weight excluding hydrogens is 340 g/mol. The van der Waals surface area contributed by atoms with Crippen LogP contribution < -0.4 is 10.9 Å². The van der Waals surface area contributed by atoms with Crippen molar-refractivity contribution in [2.24, 2.45) is 7.05 Å². The van der Waals surface area contributed by atoms with E-state index in [4.69, 9.17) is 4.74 Å². The summed E-state index contributed by atoms with van der Waals surface area (Å²) < 4.78 is 7.10.